The smallest absolute Gasteiger partial charge is 0.253 e. The van der Waals surface area contributed by atoms with Crippen molar-refractivity contribution >= 4 is 5.91 Å². The highest BCUT2D eigenvalue weighted by atomic mass is 16.5. The summed E-state index contributed by atoms with van der Waals surface area (Å²) < 4.78 is 7.34. The number of ether oxygens (including phenoxy) is 1. The largest absolute Gasteiger partial charge is 0.376 e. The molecule has 1 aromatic carbocycles. The van der Waals surface area contributed by atoms with Gasteiger partial charge in [0.2, 0.25) is 0 Å². The van der Waals surface area contributed by atoms with Gasteiger partial charge in [0, 0.05) is 24.8 Å². The van der Waals surface area contributed by atoms with E-state index in [2.05, 4.69) is 15.2 Å². The van der Waals surface area contributed by atoms with E-state index in [-0.39, 0.29) is 18.0 Å². The minimum absolute atomic E-state index is 0.0868. The van der Waals surface area contributed by atoms with Crippen molar-refractivity contribution in [3.05, 3.63) is 47.3 Å². The molecule has 7 heteroatoms. The molecular weight excluding hydrogens is 318 g/mol. The lowest BCUT2D eigenvalue weighted by Crippen LogP contribution is -2.37. The van der Waals surface area contributed by atoms with Crippen molar-refractivity contribution < 1.29 is 9.53 Å². The van der Waals surface area contributed by atoms with E-state index in [4.69, 9.17) is 4.74 Å². The van der Waals surface area contributed by atoms with Gasteiger partial charge >= 0.3 is 0 Å². The third-order valence-electron chi connectivity index (χ3n) is 5.22. The standard InChI is InChI=1S/C18H23N5O2/c1-21(2)16-10-22(11-17(16)23-7-6-19-20-23)18(24)14-3-4-15-12-25-8-5-13(15)9-14/h3-4,6-7,9,16-17H,5,8,10-12H2,1-2H3/t16-,17+/m1/s1. The third-order valence-corrected chi connectivity index (χ3v) is 5.22. The Morgan fingerprint density at radius 2 is 2.16 bits per heavy atom. The number of benzene rings is 1. The van der Waals surface area contributed by atoms with Gasteiger partial charge in [0.15, 0.2) is 0 Å². The summed E-state index contributed by atoms with van der Waals surface area (Å²) >= 11 is 0. The first-order chi connectivity index (χ1) is 12.1. The number of likely N-dealkylation sites (N-methyl/N-ethyl adjacent to an activating group) is 1. The molecule has 1 aromatic heterocycles. The number of hydrogen-bond acceptors (Lipinski definition) is 5. The van der Waals surface area contributed by atoms with Crippen LogP contribution in [0, 0.1) is 0 Å². The number of hydrogen-bond donors (Lipinski definition) is 0. The quantitative estimate of drug-likeness (QED) is 0.833. The Labute approximate surface area is 147 Å². The Morgan fingerprint density at radius 1 is 1.28 bits per heavy atom. The van der Waals surface area contributed by atoms with Crippen LogP contribution in [0.3, 0.4) is 0 Å². The Kier molecular flexibility index (Phi) is 4.27. The normalized spacial score (nSPS) is 23.1. The fourth-order valence-corrected chi connectivity index (χ4v) is 3.78. The van der Waals surface area contributed by atoms with Crippen LogP contribution < -0.4 is 0 Å². The van der Waals surface area contributed by atoms with Crippen molar-refractivity contribution in [2.24, 2.45) is 0 Å². The fraction of sp³-hybridized carbons (Fsp3) is 0.500. The zero-order chi connectivity index (χ0) is 17.4. The topological polar surface area (TPSA) is 63.5 Å². The first-order valence-electron chi connectivity index (χ1n) is 8.64. The maximum absolute atomic E-state index is 13.0. The summed E-state index contributed by atoms with van der Waals surface area (Å²) in [6, 6.07) is 6.32. The van der Waals surface area contributed by atoms with Gasteiger partial charge in [-0.05, 0) is 43.8 Å². The molecule has 25 heavy (non-hydrogen) atoms. The van der Waals surface area contributed by atoms with Crippen molar-refractivity contribution in [2.45, 2.75) is 25.1 Å². The SMILES string of the molecule is CN(C)[C@@H]1CN(C(=O)c2ccc3c(c2)CCOC3)C[C@@H]1n1ccnn1. The number of nitrogens with zero attached hydrogens (tertiary/aromatic N) is 5. The van der Waals surface area contributed by atoms with Crippen molar-refractivity contribution in [2.75, 3.05) is 33.8 Å². The van der Waals surface area contributed by atoms with Crippen LogP contribution in [0.1, 0.15) is 27.5 Å². The minimum atomic E-state index is 0.0868. The van der Waals surface area contributed by atoms with E-state index in [1.807, 2.05) is 48.1 Å². The maximum Gasteiger partial charge on any atom is 0.253 e. The molecular formula is C18H23N5O2. The molecule has 132 valence electrons. The van der Waals surface area contributed by atoms with Crippen molar-refractivity contribution in [1.82, 2.24) is 24.8 Å². The highest BCUT2D eigenvalue weighted by Crippen LogP contribution is 2.27. The van der Waals surface area contributed by atoms with Crippen molar-refractivity contribution in [3.63, 3.8) is 0 Å². The van der Waals surface area contributed by atoms with Gasteiger partial charge in [-0.1, -0.05) is 11.3 Å². The first-order valence-corrected chi connectivity index (χ1v) is 8.64. The monoisotopic (exact) mass is 341 g/mol. The van der Waals surface area contributed by atoms with Crippen LogP contribution in [-0.2, 0) is 17.8 Å². The molecule has 2 atom stereocenters. The lowest BCUT2D eigenvalue weighted by molar-refractivity contribution is 0.0779. The Balaban J connectivity index is 1.56. The second kappa shape index (κ2) is 6.57. The van der Waals surface area contributed by atoms with Gasteiger partial charge in [0.1, 0.15) is 0 Å². The van der Waals surface area contributed by atoms with Crippen LogP contribution in [-0.4, -0.2) is 70.5 Å². The summed E-state index contributed by atoms with van der Waals surface area (Å²) in [6.45, 7) is 2.71. The summed E-state index contributed by atoms with van der Waals surface area (Å²) in [5.74, 6) is 0.0868. The predicted molar refractivity (Wildman–Crippen MR) is 92.2 cm³/mol. The van der Waals surface area contributed by atoms with Crippen molar-refractivity contribution in [3.8, 4) is 0 Å². The van der Waals surface area contributed by atoms with E-state index in [1.165, 1.54) is 11.1 Å². The Hall–Kier alpha value is -2.25. The molecule has 4 rings (SSSR count). The molecule has 0 saturated carbocycles. The van der Waals surface area contributed by atoms with E-state index < -0.39 is 0 Å². The van der Waals surface area contributed by atoms with Crippen LogP contribution in [0.15, 0.2) is 30.6 Å². The number of rotatable bonds is 3. The molecule has 1 fully saturated rings. The van der Waals surface area contributed by atoms with E-state index in [0.717, 1.165) is 18.6 Å². The fourth-order valence-electron chi connectivity index (χ4n) is 3.78. The summed E-state index contributed by atoms with van der Waals surface area (Å²) in [5.41, 5.74) is 3.18. The van der Waals surface area contributed by atoms with E-state index in [9.17, 15) is 4.79 Å². The maximum atomic E-state index is 13.0. The first kappa shape index (κ1) is 16.2. The van der Waals surface area contributed by atoms with Gasteiger partial charge in [-0.15, -0.1) is 5.10 Å². The molecule has 0 aliphatic carbocycles. The second-order valence-corrected chi connectivity index (χ2v) is 6.98. The lowest BCUT2D eigenvalue weighted by Gasteiger charge is -2.24. The minimum Gasteiger partial charge on any atom is -0.376 e. The van der Waals surface area contributed by atoms with Crippen molar-refractivity contribution in [1.29, 1.82) is 0 Å². The number of carbonyl (C=O) groups excluding carboxylic acids is 1. The zero-order valence-electron chi connectivity index (χ0n) is 14.6. The number of fused-ring (bicyclic) bond motifs is 1. The van der Waals surface area contributed by atoms with Gasteiger partial charge in [0.25, 0.3) is 5.91 Å². The van der Waals surface area contributed by atoms with Crippen LogP contribution in [0.5, 0.6) is 0 Å². The average Bonchev–Trinajstić information content (AvgIpc) is 3.30. The number of carbonyl (C=O) groups is 1. The summed E-state index contributed by atoms with van der Waals surface area (Å²) in [5, 5.41) is 8.06. The lowest BCUT2D eigenvalue weighted by atomic mass is 10.00. The van der Waals surface area contributed by atoms with E-state index in [1.54, 1.807) is 6.20 Å². The second-order valence-electron chi connectivity index (χ2n) is 6.98. The highest BCUT2D eigenvalue weighted by molar-refractivity contribution is 5.94. The zero-order valence-corrected chi connectivity index (χ0v) is 14.6. The molecule has 2 aliphatic rings. The molecule has 3 heterocycles. The molecule has 2 aliphatic heterocycles. The molecule has 0 bridgehead atoms. The van der Waals surface area contributed by atoms with Gasteiger partial charge in [0.05, 0.1) is 31.5 Å². The van der Waals surface area contributed by atoms with E-state index >= 15 is 0 Å². The molecule has 1 saturated heterocycles. The van der Waals surface area contributed by atoms with Gasteiger partial charge in [-0.3, -0.25) is 4.79 Å². The predicted octanol–water partition coefficient (Wildman–Crippen LogP) is 0.978. The van der Waals surface area contributed by atoms with Crippen LogP contribution >= 0.6 is 0 Å². The van der Waals surface area contributed by atoms with Gasteiger partial charge in [-0.25, -0.2) is 4.68 Å². The highest BCUT2D eigenvalue weighted by Gasteiger charge is 2.38. The molecule has 0 N–H and O–H groups in total. The number of aromatic nitrogens is 3. The molecule has 2 aromatic rings. The summed E-state index contributed by atoms with van der Waals surface area (Å²) in [4.78, 5) is 17.1. The van der Waals surface area contributed by atoms with Crippen LogP contribution in [0.4, 0.5) is 0 Å². The number of likely N-dealkylation sites (tertiary alicyclic amines) is 1. The average molecular weight is 341 g/mol. The third kappa shape index (κ3) is 3.05. The van der Waals surface area contributed by atoms with Gasteiger partial charge < -0.3 is 14.5 Å². The van der Waals surface area contributed by atoms with E-state index in [0.29, 0.717) is 19.7 Å². The molecule has 0 spiro atoms. The van der Waals surface area contributed by atoms with Gasteiger partial charge in [-0.2, -0.15) is 0 Å². The Bertz CT molecular complexity index is 759. The van der Waals surface area contributed by atoms with Crippen LogP contribution in [0.25, 0.3) is 0 Å². The molecule has 0 unspecified atom stereocenters. The molecule has 0 radical (unpaired) electrons. The molecule has 1 amide bonds. The molecule has 7 nitrogen and oxygen atoms in total. The van der Waals surface area contributed by atoms with Crippen LogP contribution in [0.2, 0.25) is 0 Å². The number of amides is 1. The summed E-state index contributed by atoms with van der Waals surface area (Å²) in [7, 11) is 4.09. The summed E-state index contributed by atoms with van der Waals surface area (Å²) in [6.07, 6.45) is 4.43. The Morgan fingerprint density at radius 3 is 2.92 bits per heavy atom.